The first-order valence-electron chi connectivity index (χ1n) is 5.78. The average molecular weight is 239 g/mol. The van der Waals surface area contributed by atoms with Crippen molar-refractivity contribution in [3.8, 4) is 0 Å². The Bertz CT molecular complexity index is 210. The molecule has 1 aliphatic rings. The summed E-state index contributed by atoms with van der Waals surface area (Å²) in [5.74, 6) is 1.20. The predicted molar refractivity (Wildman–Crippen MR) is 56.1 cm³/mol. The van der Waals surface area contributed by atoms with Crippen LogP contribution < -0.4 is 0 Å². The van der Waals surface area contributed by atoms with Crippen LogP contribution in [0.2, 0.25) is 0 Å². The van der Waals surface area contributed by atoms with Gasteiger partial charge >= 0.3 is 6.18 Å². The molecule has 0 bridgehead atoms. The second-order valence-corrected chi connectivity index (χ2v) is 4.94. The minimum Gasteiger partial charge on any atom is -0.382 e. The van der Waals surface area contributed by atoms with Gasteiger partial charge in [-0.05, 0) is 37.8 Å². The van der Waals surface area contributed by atoms with Crippen LogP contribution in [0.5, 0.6) is 0 Å². The van der Waals surface area contributed by atoms with Crippen molar-refractivity contribution in [2.75, 3.05) is 19.6 Å². The number of nitrogens with zero attached hydrogens (tertiary/aromatic N) is 1. The third-order valence-electron chi connectivity index (χ3n) is 3.38. The fraction of sp³-hybridized carbons (Fsp3) is 1.00. The van der Waals surface area contributed by atoms with Gasteiger partial charge in [0, 0.05) is 6.54 Å². The van der Waals surface area contributed by atoms with E-state index in [2.05, 4.69) is 13.8 Å². The highest BCUT2D eigenvalue weighted by atomic mass is 19.4. The van der Waals surface area contributed by atoms with Crippen LogP contribution in [0, 0.1) is 11.8 Å². The van der Waals surface area contributed by atoms with Gasteiger partial charge in [-0.15, -0.1) is 0 Å². The molecule has 1 fully saturated rings. The highest BCUT2D eigenvalue weighted by Crippen LogP contribution is 2.26. The van der Waals surface area contributed by atoms with Gasteiger partial charge in [-0.3, -0.25) is 0 Å². The normalized spacial score (nSPS) is 22.7. The Hall–Kier alpha value is -0.290. The molecule has 0 aliphatic carbocycles. The smallest absolute Gasteiger partial charge is 0.382 e. The van der Waals surface area contributed by atoms with Crippen LogP contribution >= 0.6 is 0 Å². The minimum atomic E-state index is -4.49. The van der Waals surface area contributed by atoms with E-state index in [9.17, 15) is 13.2 Å². The van der Waals surface area contributed by atoms with Gasteiger partial charge in [-0.2, -0.15) is 13.2 Å². The zero-order valence-electron chi connectivity index (χ0n) is 9.80. The Kier molecular flexibility index (Phi) is 4.62. The van der Waals surface area contributed by atoms with E-state index < -0.39 is 12.3 Å². The minimum absolute atomic E-state index is 0.283. The first-order chi connectivity index (χ1) is 7.30. The lowest BCUT2D eigenvalue weighted by Gasteiger charge is -2.35. The SMILES string of the molecule is CC(C)C1CCN(CC(O)C(F)(F)F)CC1. The molecule has 0 amide bonds. The Morgan fingerprint density at radius 1 is 1.25 bits per heavy atom. The van der Waals surface area contributed by atoms with E-state index in [0.29, 0.717) is 24.9 Å². The molecule has 0 radical (unpaired) electrons. The summed E-state index contributed by atoms with van der Waals surface area (Å²) < 4.78 is 36.4. The van der Waals surface area contributed by atoms with Gasteiger partial charge in [0.2, 0.25) is 0 Å². The molecule has 1 N–H and O–H groups in total. The zero-order chi connectivity index (χ0) is 12.3. The number of hydrogen-bond donors (Lipinski definition) is 1. The Morgan fingerprint density at radius 2 is 1.75 bits per heavy atom. The number of alkyl halides is 3. The van der Waals surface area contributed by atoms with Gasteiger partial charge in [0.1, 0.15) is 0 Å². The van der Waals surface area contributed by atoms with Crippen molar-refractivity contribution >= 4 is 0 Å². The van der Waals surface area contributed by atoms with Crippen molar-refractivity contribution < 1.29 is 18.3 Å². The van der Waals surface area contributed by atoms with Crippen molar-refractivity contribution in [3.05, 3.63) is 0 Å². The maximum atomic E-state index is 12.1. The topological polar surface area (TPSA) is 23.5 Å². The second-order valence-electron chi connectivity index (χ2n) is 4.94. The van der Waals surface area contributed by atoms with Gasteiger partial charge in [0.05, 0.1) is 0 Å². The Balaban J connectivity index is 2.32. The number of hydrogen-bond acceptors (Lipinski definition) is 2. The van der Waals surface area contributed by atoms with E-state index in [-0.39, 0.29) is 6.54 Å². The van der Waals surface area contributed by atoms with Crippen LogP contribution in [0.3, 0.4) is 0 Å². The average Bonchev–Trinajstić information content (AvgIpc) is 2.17. The number of β-amino-alcohol motifs (C(OH)–C–C–N with tert-alkyl or cyclic N) is 1. The molecule has 0 aromatic heterocycles. The van der Waals surface area contributed by atoms with E-state index in [4.69, 9.17) is 5.11 Å². The molecule has 1 heterocycles. The van der Waals surface area contributed by atoms with E-state index in [1.807, 2.05) is 0 Å². The number of rotatable bonds is 3. The summed E-state index contributed by atoms with van der Waals surface area (Å²) >= 11 is 0. The van der Waals surface area contributed by atoms with E-state index in [1.165, 1.54) is 0 Å². The molecule has 1 rings (SSSR count). The van der Waals surface area contributed by atoms with E-state index in [0.717, 1.165) is 12.8 Å². The first kappa shape index (κ1) is 13.8. The maximum absolute atomic E-state index is 12.1. The lowest BCUT2D eigenvalue weighted by Crippen LogP contribution is -2.44. The van der Waals surface area contributed by atoms with Crippen molar-refractivity contribution in [2.24, 2.45) is 11.8 Å². The number of aliphatic hydroxyl groups is 1. The second kappa shape index (κ2) is 5.36. The Morgan fingerprint density at radius 3 is 2.12 bits per heavy atom. The van der Waals surface area contributed by atoms with E-state index in [1.54, 1.807) is 4.90 Å². The van der Waals surface area contributed by atoms with Gasteiger partial charge < -0.3 is 10.0 Å². The highest BCUT2D eigenvalue weighted by Gasteiger charge is 2.39. The van der Waals surface area contributed by atoms with Crippen LogP contribution in [0.1, 0.15) is 26.7 Å². The van der Waals surface area contributed by atoms with Crippen molar-refractivity contribution in [3.63, 3.8) is 0 Å². The molecule has 96 valence electrons. The van der Waals surface area contributed by atoms with E-state index >= 15 is 0 Å². The van der Waals surface area contributed by atoms with Gasteiger partial charge in [-0.25, -0.2) is 0 Å². The van der Waals surface area contributed by atoms with Crippen LogP contribution in [-0.2, 0) is 0 Å². The molecule has 2 nitrogen and oxygen atoms in total. The standard InChI is InChI=1S/C11H20F3NO/c1-8(2)9-3-5-15(6-4-9)7-10(16)11(12,13)14/h8-10,16H,3-7H2,1-2H3. The number of piperidine rings is 1. The van der Waals surface area contributed by atoms with Crippen molar-refractivity contribution in [2.45, 2.75) is 39.0 Å². The van der Waals surface area contributed by atoms with Crippen LogP contribution in [0.25, 0.3) is 0 Å². The third kappa shape index (κ3) is 3.94. The summed E-state index contributed by atoms with van der Waals surface area (Å²) in [4.78, 5) is 1.71. The van der Waals surface area contributed by atoms with Gasteiger partial charge in [0.15, 0.2) is 6.10 Å². The van der Waals surface area contributed by atoms with Crippen LogP contribution in [0.15, 0.2) is 0 Å². The summed E-state index contributed by atoms with van der Waals surface area (Å²) in [6.45, 7) is 5.33. The molecule has 5 heteroatoms. The molecule has 0 spiro atoms. The number of aliphatic hydroxyl groups excluding tert-OH is 1. The first-order valence-corrected chi connectivity index (χ1v) is 5.78. The van der Waals surface area contributed by atoms with Gasteiger partial charge in [-0.1, -0.05) is 13.8 Å². The van der Waals surface area contributed by atoms with Crippen LogP contribution in [0.4, 0.5) is 13.2 Å². The summed E-state index contributed by atoms with van der Waals surface area (Å²) in [5, 5.41) is 8.95. The molecule has 1 saturated heterocycles. The highest BCUT2D eigenvalue weighted by molar-refractivity contribution is 4.78. The largest absolute Gasteiger partial charge is 0.415 e. The molecule has 16 heavy (non-hydrogen) atoms. The molecular formula is C11H20F3NO. The molecular weight excluding hydrogens is 219 g/mol. The molecule has 1 atom stereocenters. The van der Waals surface area contributed by atoms with Crippen molar-refractivity contribution in [1.82, 2.24) is 4.90 Å². The maximum Gasteiger partial charge on any atom is 0.415 e. The molecule has 1 aliphatic heterocycles. The number of halogens is 3. The van der Waals surface area contributed by atoms with Crippen LogP contribution in [-0.4, -0.2) is 41.9 Å². The molecule has 0 saturated carbocycles. The molecule has 0 aromatic rings. The van der Waals surface area contributed by atoms with Crippen molar-refractivity contribution in [1.29, 1.82) is 0 Å². The quantitative estimate of drug-likeness (QED) is 0.816. The molecule has 1 unspecified atom stereocenters. The molecule has 0 aromatic carbocycles. The Labute approximate surface area is 94.4 Å². The van der Waals surface area contributed by atoms with Gasteiger partial charge in [0.25, 0.3) is 0 Å². The summed E-state index contributed by atoms with van der Waals surface area (Å²) in [5.41, 5.74) is 0. The third-order valence-corrected chi connectivity index (χ3v) is 3.38. The number of likely N-dealkylation sites (tertiary alicyclic amines) is 1. The summed E-state index contributed by atoms with van der Waals surface area (Å²) in [7, 11) is 0. The lowest BCUT2D eigenvalue weighted by atomic mass is 9.86. The lowest BCUT2D eigenvalue weighted by molar-refractivity contribution is -0.208. The fourth-order valence-corrected chi connectivity index (χ4v) is 2.15. The predicted octanol–water partition coefficient (Wildman–Crippen LogP) is 2.28. The monoisotopic (exact) mass is 239 g/mol. The fourth-order valence-electron chi connectivity index (χ4n) is 2.15. The zero-order valence-corrected chi connectivity index (χ0v) is 9.80. The summed E-state index contributed by atoms with van der Waals surface area (Å²) in [6.07, 6.45) is -4.83. The summed E-state index contributed by atoms with van der Waals surface area (Å²) in [6, 6.07) is 0.